The summed E-state index contributed by atoms with van der Waals surface area (Å²) in [6.07, 6.45) is 3.43. The molecule has 0 fully saturated rings. The zero-order chi connectivity index (χ0) is 21.0. The Labute approximate surface area is 167 Å². The minimum Gasteiger partial charge on any atom is -0.343 e. The van der Waals surface area contributed by atoms with Gasteiger partial charge in [0.05, 0.1) is 5.56 Å². The van der Waals surface area contributed by atoms with E-state index in [1.807, 2.05) is 0 Å². The van der Waals surface area contributed by atoms with Crippen LogP contribution >= 0.6 is 0 Å². The van der Waals surface area contributed by atoms with Crippen molar-refractivity contribution < 1.29 is 27.8 Å². The van der Waals surface area contributed by atoms with Gasteiger partial charge in [0, 0.05) is 19.1 Å². The lowest BCUT2D eigenvalue weighted by Crippen LogP contribution is -2.45. The summed E-state index contributed by atoms with van der Waals surface area (Å²) in [7, 11) is 0. The Morgan fingerprint density at radius 1 is 0.857 bits per heavy atom. The molecule has 1 aromatic carbocycles. The molecule has 0 aliphatic carbocycles. The summed E-state index contributed by atoms with van der Waals surface area (Å²) in [5, 5.41) is 10.9. The van der Waals surface area contributed by atoms with Crippen molar-refractivity contribution in [2.75, 3.05) is 13.2 Å². The van der Waals surface area contributed by atoms with Crippen molar-refractivity contribution in [1.82, 2.24) is 0 Å². The normalized spacial score (nSPS) is 13.7. The second kappa shape index (κ2) is 12.5. The van der Waals surface area contributed by atoms with E-state index in [4.69, 9.17) is 9.47 Å². The molecule has 0 bridgehead atoms. The molecule has 0 saturated heterocycles. The van der Waals surface area contributed by atoms with Gasteiger partial charge in [0.25, 0.3) is 5.97 Å². The summed E-state index contributed by atoms with van der Waals surface area (Å²) >= 11 is 0. The first kappa shape index (κ1) is 24.9. The molecular weight excluding hydrogens is 369 g/mol. The molecule has 162 valence electrons. The zero-order valence-corrected chi connectivity index (χ0v) is 17.4. The Morgan fingerprint density at radius 2 is 1.39 bits per heavy atom. The first-order valence-corrected chi connectivity index (χ1v) is 10.4. The molecule has 0 aliphatic rings. The molecule has 0 radical (unpaired) electrons. The van der Waals surface area contributed by atoms with Crippen LogP contribution in [0.15, 0.2) is 24.3 Å². The van der Waals surface area contributed by atoms with Crippen LogP contribution in [0.25, 0.3) is 0 Å². The summed E-state index contributed by atoms with van der Waals surface area (Å²) in [5.74, 6) is -2.08. The maximum atomic E-state index is 12.8. The standard InChI is InChI=1S/C22H35F3O3/c1-4-7-8-9-10-11-12-20(22(26,27-5-2)28-6-3)17-18-13-15-19(16-14-18)21(23,24)25/h13-16,20,26H,4-12,17H2,1-3H3. The predicted molar refractivity (Wildman–Crippen MR) is 105 cm³/mol. The predicted octanol–water partition coefficient (Wildman–Crippen LogP) is 6.33. The van der Waals surface area contributed by atoms with Crippen LogP contribution in [0.1, 0.15) is 76.8 Å². The highest BCUT2D eigenvalue weighted by Crippen LogP contribution is 2.32. The summed E-state index contributed by atoms with van der Waals surface area (Å²) in [6.45, 7) is 6.31. The Hall–Kier alpha value is -1.11. The fraction of sp³-hybridized carbons (Fsp3) is 0.727. The first-order valence-electron chi connectivity index (χ1n) is 10.4. The zero-order valence-electron chi connectivity index (χ0n) is 17.4. The van der Waals surface area contributed by atoms with Gasteiger partial charge in [-0.05, 0) is 44.4 Å². The molecule has 1 rings (SSSR count). The van der Waals surface area contributed by atoms with Gasteiger partial charge in [-0.25, -0.2) is 0 Å². The number of hydrogen-bond acceptors (Lipinski definition) is 3. The van der Waals surface area contributed by atoms with E-state index in [0.29, 0.717) is 12.8 Å². The molecule has 6 heteroatoms. The Kier molecular flexibility index (Phi) is 11.1. The summed E-state index contributed by atoms with van der Waals surface area (Å²) < 4.78 is 49.4. The van der Waals surface area contributed by atoms with Crippen LogP contribution in [-0.4, -0.2) is 24.3 Å². The van der Waals surface area contributed by atoms with Gasteiger partial charge in [-0.15, -0.1) is 0 Å². The number of alkyl halides is 3. The molecule has 1 atom stereocenters. The molecular formula is C22H35F3O3. The van der Waals surface area contributed by atoms with Gasteiger partial charge >= 0.3 is 6.18 Å². The molecule has 0 aliphatic heterocycles. The maximum absolute atomic E-state index is 12.8. The van der Waals surface area contributed by atoms with Gasteiger partial charge < -0.3 is 14.6 Å². The maximum Gasteiger partial charge on any atom is 0.416 e. The lowest BCUT2D eigenvalue weighted by molar-refractivity contribution is -0.384. The van der Waals surface area contributed by atoms with Gasteiger partial charge in [0.15, 0.2) is 0 Å². The monoisotopic (exact) mass is 404 g/mol. The Bertz CT molecular complexity index is 523. The van der Waals surface area contributed by atoms with Gasteiger partial charge in [-0.1, -0.05) is 57.6 Å². The smallest absolute Gasteiger partial charge is 0.343 e. The van der Waals surface area contributed by atoms with E-state index in [1.54, 1.807) is 13.8 Å². The number of halogens is 3. The number of rotatable bonds is 14. The van der Waals surface area contributed by atoms with E-state index in [-0.39, 0.29) is 19.1 Å². The van der Waals surface area contributed by atoms with Gasteiger partial charge in [-0.2, -0.15) is 13.2 Å². The molecule has 0 aromatic heterocycles. The van der Waals surface area contributed by atoms with Crippen LogP contribution in [0.3, 0.4) is 0 Å². The largest absolute Gasteiger partial charge is 0.416 e. The highest BCUT2D eigenvalue weighted by Gasteiger charge is 2.38. The quantitative estimate of drug-likeness (QED) is 0.291. The van der Waals surface area contributed by atoms with Crippen LogP contribution < -0.4 is 0 Å². The lowest BCUT2D eigenvalue weighted by Gasteiger charge is -2.35. The summed E-state index contributed by atoms with van der Waals surface area (Å²) in [5.41, 5.74) is 0.0513. The minimum absolute atomic E-state index is 0.288. The van der Waals surface area contributed by atoms with E-state index in [1.165, 1.54) is 31.4 Å². The van der Waals surface area contributed by atoms with Gasteiger partial charge in [-0.3, -0.25) is 0 Å². The molecule has 0 spiro atoms. The highest BCUT2D eigenvalue weighted by atomic mass is 19.4. The van der Waals surface area contributed by atoms with Crippen molar-refractivity contribution >= 4 is 0 Å². The number of ether oxygens (including phenoxy) is 2. The molecule has 1 aromatic rings. The van der Waals surface area contributed by atoms with Crippen molar-refractivity contribution in [3.63, 3.8) is 0 Å². The van der Waals surface area contributed by atoms with Crippen LogP contribution in [0.2, 0.25) is 0 Å². The van der Waals surface area contributed by atoms with Crippen LogP contribution in [0.4, 0.5) is 13.2 Å². The molecule has 3 nitrogen and oxygen atoms in total. The van der Waals surface area contributed by atoms with Crippen molar-refractivity contribution in [3.8, 4) is 0 Å². The average molecular weight is 405 g/mol. The van der Waals surface area contributed by atoms with E-state index in [2.05, 4.69) is 6.92 Å². The highest BCUT2D eigenvalue weighted by molar-refractivity contribution is 5.25. The van der Waals surface area contributed by atoms with E-state index in [9.17, 15) is 18.3 Å². The van der Waals surface area contributed by atoms with Crippen molar-refractivity contribution in [1.29, 1.82) is 0 Å². The van der Waals surface area contributed by atoms with E-state index in [0.717, 1.165) is 37.0 Å². The number of hydrogen-bond donors (Lipinski definition) is 1. The Morgan fingerprint density at radius 3 is 1.89 bits per heavy atom. The van der Waals surface area contributed by atoms with Crippen LogP contribution in [-0.2, 0) is 22.1 Å². The minimum atomic E-state index is -4.35. The second-order valence-electron chi connectivity index (χ2n) is 7.15. The summed E-state index contributed by atoms with van der Waals surface area (Å²) in [6, 6.07) is 5.10. The second-order valence-corrected chi connectivity index (χ2v) is 7.15. The fourth-order valence-electron chi connectivity index (χ4n) is 3.39. The number of unbranched alkanes of at least 4 members (excludes halogenated alkanes) is 5. The third-order valence-corrected chi connectivity index (χ3v) is 4.89. The van der Waals surface area contributed by atoms with Crippen molar-refractivity contribution in [2.24, 2.45) is 5.92 Å². The third-order valence-electron chi connectivity index (χ3n) is 4.89. The third kappa shape index (κ3) is 8.50. The number of benzene rings is 1. The van der Waals surface area contributed by atoms with Crippen LogP contribution in [0.5, 0.6) is 0 Å². The fourth-order valence-corrected chi connectivity index (χ4v) is 3.39. The van der Waals surface area contributed by atoms with E-state index >= 15 is 0 Å². The molecule has 1 unspecified atom stereocenters. The molecule has 0 heterocycles. The topological polar surface area (TPSA) is 38.7 Å². The van der Waals surface area contributed by atoms with E-state index < -0.39 is 17.7 Å². The first-order chi connectivity index (χ1) is 13.3. The molecule has 0 amide bonds. The Balaban J connectivity index is 2.83. The number of aliphatic hydroxyl groups is 1. The van der Waals surface area contributed by atoms with Crippen molar-refractivity contribution in [2.45, 2.75) is 84.3 Å². The van der Waals surface area contributed by atoms with Crippen LogP contribution in [0, 0.1) is 5.92 Å². The van der Waals surface area contributed by atoms with Gasteiger partial charge in [0.1, 0.15) is 0 Å². The van der Waals surface area contributed by atoms with Crippen molar-refractivity contribution in [3.05, 3.63) is 35.4 Å². The SMILES string of the molecule is CCCCCCCCC(Cc1ccc(C(F)(F)F)cc1)C(O)(OCC)OCC. The van der Waals surface area contributed by atoms with Gasteiger partial charge in [0.2, 0.25) is 0 Å². The summed E-state index contributed by atoms with van der Waals surface area (Å²) in [4.78, 5) is 0. The molecule has 28 heavy (non-hydrogen) atoms. The molecule has 1 N–H and O–H groups in total. The average Bonchev–Trinajstić information content (AvgIpc) is 2.63. The molecule has 0 saturated carbocycles. The lowest BCUT2D eigenvalue weighted by atomic mass is 9.90.